The van der Waals surface area contributed by atoms with Crippen molar-refractivity contribution < 1.29 is 8.98 Å². The van der Waals surface area contributed by atoms with Crippen molar-refractivity contribution in [2.24, 2.45) is 7.05 Å². The third-order valence-electron chi connectivity index (χ3n) is 4.98. The Kier molecular flexibility index (Phi) is 2.92. The summed E-state index contributed by atoms with van der Waals surface area (Å²) in [5.41, 5.74) is 5.24. The number of pyridine rings is 2. The molecule has 0 fully saturated rings. The minimum atomic E-state index is 0.688. The molecule has 0 atom stereocenters. The van der Waals surface area contributed by atoms with Gasteiger partial charge in [0.2, 0.25) is 11.4 Å². The molecule has 25 heavy (non-hydrogen) atoms. The molecular weight excluding hydrogens is 308 g/mol. The summed E-state index contributed by atoms with van der Waals surface area (Å²) in [5.74, 6) is 0. The average molecular weight is 325 g/mol. The minimum absolute atomic E-state index is 0.688. The van der Waals surface area contributed by atoms with Gasteiger partial charge >= 0.3 is 0 Å². The quantitative estimate of drug-likeness (QED) is 0.409. The lowest BCUT2D eigenvalue weighted by Gasteiger charge is -2.10. The van der Waals surface area contributed by atoms with E-state index in [-0.39, 0.29) is 0 Å². The van der Waals surface area contributed by atoms with E-state index in [0.717, 1.165) is 21.7 Å². The lowest BCUT2D eigenvalue weighted by atomic mass is 9.92. The molecule has 120 valence electrons. The normalized spacial score (nSPS) is 11.6. The summed E-state index contributed by atoms with van der Waals surface area (Å²) in [7, 11) is 2.08. The van der Waals surface area contributed by atoms with Crippen molar-refractivity contribution in [2.45, 2.75) is 6.92 Å². The zero-order valence-corrected chi connectivity index (χ0v) is 14.2. The molecule has 0 aliphatic rings. The molecule has 3 heteroatoms. The van der Waals surface area contributed by atoms with Crippen LogP contribution >= 0.6 is 0 Å². The molecule has 3 aromatic heterocycles. The van der Waals surface area contributed by atoms with Gasteiger partial charge in [-0.15, -0.1) is 0 Å². The predicted octanol–water partition coefficient (Wildman–Crippen LogP) is 4.93. The molecule has 0 amide bonds. The molecule has 0 bridgehead atoms. The number of aromatic nitrogens is 2. The first-order valence-electron chi connectivity index (χ1n) is 8.39. The van der Waals surface area contributed by atoms with Crippen LogP contribution in [0.1, 0.15) is 5.56 Å². The molecule has 3 heterocycles. The molecule has 0 N–H and O–H groups in total. The monoisotopic (exact) mass is 325 g/mol. The highest BCUT2D eigenvalue weighted by molar-refractivity contribution is 6.21. The maximum Gasteiger partial charge on any atom is 0.227 e. The lowest BCUT2D eigenvalue weighted by Crippen LogP contribution is -2.30. The number of rotatable bonds is 1. The van der Waals surface area contributed by atoms with Crippen LogP contribution in [0.25, 0.3) is 44.1 Å². The summed E-state index contributed by atoms with van der Waals surface area (Å²) in [6.45, 7) is 2.19. The zero-order chi connectivity index (χ0) is 17.0. The van der Waals surface area contributed by atoms with Gasteiger partial charge < -0.3 is 4.42 Å². The van der Waals surface area contributed by atoms with Crippen LogP contribution in [0.2, 0.25) is 0 Å². The molecule has 2 aromatic carbocycles. The fraction of sp³-hybridized carbons (Fsp3) is 0.0909. The Bertz CT molecular complexity index is 1270. The second-order valence-electron chi connectivity index (χ2n) is 6.40. The molecule has 0 saturated heterocycles. The number of aryl methyl sites for hydroxylation is 2. The van der Waals surface area contributed by atoms with Gasteiger partial charge in [0.1, 0.15) is 12.6 Å². The molecule has 0 saturated carbocycles. The Morgan fingerprint density at radius 1 is 0.880 bits per heavy atom. The van der Waals surface area contributed by atoms with Crippen LogP contribution in [-0.2, 0) is 7.05 Å². The van der Waals surface area contributed by atoms with E-state index in [2.05, 4.69) is 72.2 Å². The maximum absolute atomic E-state index is 6.20. The summed E-state index contributed by atoms with van der Waals surface area (Å²) >= 11 is 0. The molecule has 5 aromatic rings. The number of fused-ring (bicyclic) bond motifs is 5. The molecule has 0 aliphatic heterocycles. The summed E-state index contributed by atoms with van der Waals surface area (Å²) in [4.78, 5) is 4.44. The summed E-state index contributed by atoms with van der Waals surface area (Å²) in [6.07, 6.45) is 3.86. The van der Waals surface area contributed by atoms with Gasteiger partial charge in [0, 0.05) is 34.5 Å². The van der Waals surface area contributed by atoms with Gasteiger partial charge in [-0.25, -0.2) is 9.55 Å². The number of hydrogen-bond acceptors (Lipinski definition) is 2. The number of furan rings is 1. The van der Waals surface area contributed by atoms with E-state index in [9.17, 15) is 0 Å². The van der Waals surface area contributed by atoms with Crippen LogP contribution in [0.4, 0.5) is 0 Å². The topological polar surface area (TPSA) is 29.9 Å². The molecule has 3 nitrogen and oxygen atoms in total. The van der Waals surface area contributed by atoms with E-state index in [0.29, 0.717) is 5.71 Å². The van der Waals surface area contributed by atoms with Gasteiger partial charge in [0.25, 0.3) is 0 Å². The van der Waals surface area contributed by atoms with Crippen molar-refractivity contribution in [3.63, 3.8) is 0 Å². The van der Waals surface area contributed by atoms with Crippen molar-refractivity contribution in [3.05, 3.63) is 72.6 Å². The SMILES string of the molecule is Cc1c(-c2cccc[n+]2C)c2c3cccnc3oc2c2ccccc12. The van der Waals surface area contributed by atoms with Gasteiger partial charge in [0.15, 0.2) is 6.20 Å². The highest BCUT2D eigenvalue weighted by Crippen LogP contribution is 2.42. The van der Waals surface area contributed by atoms with Crippen LogP contribution < -0.4 is 4.57 Å². The fourth-order valence-electron chi connectivity index (χ4n) is 3.80. The van der Waals surface area contributed by atoms with Gasteiger partial charge in [0.05, 0.1) is 5.56 Å². The Hall–Kier alpha value is -3.20. The number of benzene rings is 2. The summed E-state index contributed by atoms with van der Waals surface area (Å²) in [5, 5.41) is 4.55. The molecule has 0 spiro atoms. The summed E-state index contributed by atoms with van der Waals surface area (Å²) < 4.78 is 8.36. The highest BCUT2D eigenvalue weighted by atomic mass is 16.3. The molecule has 0 unspecified atom stereocenters. The largest absolute Gasteiger partial charge is 0.437 e. The van der Waals surface area contributed by atoms with Gasteiger partial charge in [-0.3, -0.25) is 0 Å². The first kappa shape index (κ1) is 14.2. The van der Waals surface area contributed by atoms with Crippen molar-refractivity contribution in [3.8, 4) is 11.3 Å². The van der Waals surface area contributed by atoms with Crippen molar-refractivity contribution >= 4 is 32.8 Å². The first-order chi connectivity index (χ1) is 12.3. The van der Waals surface area contributed by atoms with Gasteiger partial charge in [-0.1, -0.05) is 24.3 Å². The van der Waals surface area contributed by atoms with Gasteiger partial charge in [-0.05, 0) is 36.1 Å². The third-order valence-corrected chi connectivity index (χ3v) is 4.98. The smallest absolute Gasteiger partial charge is 0.227 e. The lowest BCUT2D eigenvalue weighted by molar-refractivity contribution is -0.660. The van der Waals surface area contributed by atoms with Crippen LogP contribution in [0.3, 0.4) is 0 Å². The van der Waals surface area contributed by atoms with Crippen LogP contribution in [0.5, 0.6) is 0 Å². The van der Waals surface area contributed by atoms with E-state index in [1.165, 1.54) is 22.2 Å². The molecule has 0 aliphatic carbocycles. The van der Waals surface area contributed by atoms with Gasteiger partial charge in [-0.2, -0.15) is 0 Å². The van der Waals surface area contributed by atoms with E-state index in [1.807, 2.05) is 12.1 Å². The second-order valence-corrected chi connectivity index (χ2v) is 6.40. The molecule has 0 radical (unpaired) electrons. The number of nitrogens with zero attached hydrogens (tertiary/aromatic N) is 2. The standard InChI is InChI=1S/C22H17N2O/c1-14-15-8-3-4-9-16(15)21-20(17-10-7-12-23-22(17)25-21)19(14)18-11-5-6-13-24(18)2/h3-13H,1-2H3/q+1. The average Bonchev–Trinajstić information content (AvgIpc) is 3.03. The molecular formula is C22H17N2O+. The Balaban J connectivity index is 2.12. The second kappa shape index (κ2) is 5.15. The zero-order valence-electron chi connectivity index (χ0n) is 14.2. The highest BCUT2D eigenvalue weighted by Gasteiger charge is 2.23. The maximum atomic E-state index is 6.20. The summed E-state index contributed by atoms with van der Waals surface area (Å²) in [6, 6.07) is 18.8. The van der Waals surface area contributed by atoms with Crippen LogP contribution in [0.15, 0.2) is 71.4 Å². The van der Waals surface area contributed by atoms with Crippen molar-refractivity contribution in [1.29, 1.82) is 0 Å². The third kappa shape index (κ3) is 1.92. The predicted molar refractivity (Wildman–Crippen MR) is 100 cm³/mol. The Labute approximate surface area is 145 Å². The van der Waals surface area contributed by atoms with Crippen molar-refractivity contribution in [2.75, 3.05) is 0 Å². The first-order valence-corrected chi connectivity index (χ1v) is 8.39. The van der Waals surface area contributed by atoms with Crippen LogP contribution in [0, 0.1) is 6.92 Å². The Morgan fingerprint density at radius 2 is 1.64 bits per heavy atom. The Morgan fingerprint density at radius 3 is 2.48 bits per heavy atom. The fourth-order valence-corrected chi connectivity index (χ4v) is 3.80. The van der Waals surface area contributed by atoms with Crippen molar-refractivity contribution in [1.82, 2.24) is 4.98 Å². The van der Waals surface area contributed by atoms with E-state index in [1.54, 1.807) is 6.20 Å². The van der Waals surface area contributed by atoms with E-state index in [4.69, 9.17) is 4.42 Å². The number of hydrogen-bond donors (Lipinski definition) is 0. The molecule has 5 rings (SSSR count). The van der Waals surface area contributed by atoms with E-state index < -0.39 is 0 Å². The van der Waals surface area contributed by atoms with Crippen LogP contribution in [-0.4, -0.2) is 4.98 Å². The van der Waals surface area contributed by atoms with E-state index >= 15 is 0 Å². The minimum Gasteiger partial charge on any atom is -0.437 e.